The van der Waals surface area contributed by atoms with Gasteiger partial charge in [-0.1, -0.05) is 41.6 Å². The SMILES string of the molecule is C=O.CNC(=O)CCC(C)c1c(Cl)cc(N2CC(Nc3nnc(C4CC5(CCC5)C4)o3)C2)cc1Cl. The number of carbonyl (C=O) groups excluding carboxylic acids is 2. The number of halogens is 2. The van der Waals surface area contributed by atoms with Crippen molar-refractivity contribution in [2.24, 2.45) is 5.41 Å². The number of benzene rings is 1. The normalized spacial score (nSPS) is 19.6. The van der Waals surface area contributed by atoms with Gasteiger partial charge in [0.2, 0.25) is 11.8 Å². The molecular formula is C25H33Cl2N5O3. The minimum atomic E-state index is 0.0215. The highest BCUT2D eigenvalue weighted by Crippen LogP contribution is 2.61. The quantitative estimate of drug-likeness (QED) is 0.494. The molecule has 1 aromatic heterocycles. The van der Waals surface area contributed by atoms with Crippen molar-refractivity contribution in [3.63, 3.8) is 0 Å². The van der Waals surface area contributed by atoms with Gasteiger partial charge >= 0.3 is 6.01 Å². The van der Waals surface area contributed by atoms with Crippen molar-refractivity contribution in [1.82, 2.24) is 15.5 Å². The van der Waals surface area contributed by atoms with Crippen LogP contribution in [0, 0.1) is 5.41 Å². The monoisotopic (exact) mass is 521 g/mol. The Bertz CT molecular complexity index is 1020. The van der Waals surface area contributed by atoms with Gasteiger partial charge in [-0.3, -0.25) is 4.79 Å². The average Bonchev–Trinajstić information content (AvgIpc) is 3.21. The highest BCUT2D eigenvalue weighted by atomic mass is 35.5. The van der Waals surface area contributed by atoms with Gasteiger partial charge in [0.05, 0.1) is 6.04 Å². The molecule has 1 spiro atoms. The number of aromatic nitrogens is 2. The van der Waals surface area contributed by atoms with Crippen LogP contribution in [0.15, 0.2) is 16.5 Å². The molecule has 5 rings (SSSR count). The summed E-state index contributed by atoms with van der Waals surface area (Å²) in [7, 11) is 1.65. The van der Waals surface area contributed by atoms with Gasteiger partial charge in [0.1, 0.15) is 6.79 Å². The van der Waals surface area contributed by atoms with Crippen molar-refractivity contribution in [3.8, 4) is 0 Å². The van der Waals surface area contributed by atoms with Crippen LogP contribution < -0.4 is 15.5 Å². The van der Waals surface area contributed by atoms with E-state index in [1.54, 1.807) is 7.05 Å². The molecule has 1 atom stereocenters. The number of nitrogens with zero attached hydrogens (tertiary/aromatic N) is 3. The third-order valence-electron chi connectivity index (χ3n) is 7.78. The Morgan fingerprint density at radius 2 is 1.89 bits per heavy atom. The zero-order valence-corrected chi connectivity index (χ0v) is 21.8. The molecule has 2 aromatic rings. The second kappa shape index (κ2) is 10.7. The van der Waals surface area contributed by atoms with Crippen LogP contribution in [0.5, 0.6) is 0 Å². The first kappa shape index (κ1) is 25.8. The van der Waals surface area contributed by atoms with E-state index >= 15 is 0 Å². The number of carbonyl (C=O) groups is 2. The lowest BCUT2D eigenvalue weighted by atomic mass is 9.52. The lowest BCUT2D eigenvalue weighted by Gasteiger charge is -2.53. The summed E-state index contributed by atoms with van der Waals surface area (Å²) >= 11 is 13.2. The minimum Gasteiger partial charge on any atom is -0.408 e. The molecule has 1 saturated heterocycles. The Morgan fingerprint density at radius 1 is 1.23 bits per heavy atom. The lowest BCUT2D eigenvalue weighted by molar-refractivity contribution is -0.120. The number of anilines is 2. The minimum absolute atomic E-state index is 0.0215. The van der Waals surface area contributed by atoms with Crippen LogP contribution in [0.25, 0.3) is 0 Å². The standard InChI is InChI=1S/C24H31Cl2N5O2.CH2O/c1-14(4-5-20(32)27-2)21-18(25)8-17(9-19(21)26)31-12-16(13-31)28-23-30-29-22(33-23)15-10-24(11-15)6-3-7-24;1-2/h8-9,14-16H,3-7,10-13H2,1-2H3,(H,27,32)(H,28,30);1H2. The first-order chi connectivity index (χ1) is 16.9. The van der Waals surface area contributed by atoms with E-state index in [0.717, 1.165) is 30.2 Å². The molecule has 1 aliphatic heterocycles. The third-order valence-corrected chi connectivity index (χ3v) is 8.40. The molecular weight excluding hydrogens is 489 g/mol. The van der Waals surface area contributed by atoms with Crippen LogP contribution in [0.4, 0.5) is 11.7 Å². The van der Waals surface area contributed by atoms with E-state index in [-0.39, 0.29) is 17.9 Å². The Hall–Kier alpha value is -2.32. The van der Waals surface area contributed by atoms with E-state index < -0.39 is 0 Å². The van der Waals surface area contributed by atoms with Gasteiger partial charge in [-0.2, -0.15) is 0 Å². The summed E-state index contributed by atoms with van der Waals surface area (Å²) in [4.78, 5) is 21.8. The van der Waals surface area contributed by atoms with E-state index in [1.165, 1.54) is 32.1 Å². The molecule has 2 N–H and O–H groups in total. The molecule has 190 valence electrons. The Kier molecular flexibility index (Phi) is 7.91. The Balaban J connectivity index is 0.00000141. The summed E-state index contributed by atoms with van der Waals surface area (Å²) < 4.78 is 5.90. The number of nitrogens with one attached hydrogen (secondary N) is 2. The summed E-state index contributed by atoms with van der Waals surface area (Å²) in [5, 5.41) is 15.8. The highest BCUT2D eigenvalue weighted by molar-refractivity contribution is 6.36. The molecule has 0 radical (unpaired) electrons. The third kappa shape index (κ3) is 5.43. The Morgan fingerprint density at radius 3 is 2.46 bits per heavy atom. The van der Waals surface area contributed by atoms with Gasteiger partial charge in [-0.05, 0) is 61.1 Å². The van der Waals surface area contributed by atoms with Crippen molar-refractivity contribution < 1.29 is 14.0 Å². The molecule has 3 aliphatic rings. The van der Waals surface area contributed by atoms with E-state index in [0.29, 0.717) is 40.2 Å². The van der Waals surface area contributed by atoms with E-state index in [9.17, 15) is 4.79 Å². The fraction of sp³-hybridized carbons (Fsp3) is 0.600. The first-order valence-electron chi connectivity index (χ1n) is 12.2. The van der Waals surface area contributed by atoms with Crippen LogP contribution in [-0.2, 0) is 9.59 Å². The predicted octanol–water partition coefficient (Wildman–Crippen LogP) is 5.17. The van der Waals surface area contributed by atoms with Crippen LogP contribution in [0.1, 0.15) is 75.2 Å². The van der Waals surface area contributed by atoms with E-state index in [1.807, 2.05) is 25.8 Å². The number of hydrogen-bond donors (Lipinski definition) is 2. The van der Waals surface area contributed by atoms with Crippen molar-refractivity contribution >= 4 is 47.6 Å². The smallest absolute Gasteiger partial charge is 0.315 e. The largest absolute Gasteiger partial charge is 0.408 e. The van der Waals surface area contributed by atoms with Crippen molar-refractivity contribution in [3.05, 3.63) is 33.6 Å². The molecule has 1 aromatic carbocycles. The summed E-state index contributed by atoms with van der Waals surface area (Å²) in [5.74, 6) is 1.34. The average molecular weight is 522 g/mol. The van der Waals surface area contributed by atoms with Crippen LogP contribution in [-0.4, -0.2) is 49.1 Å². The van der Waals surface area contributed by atoms with E-state index in [4.69, 9.17) is 32.4 Å². The molecule has 1 amide bonds. The maximum absolute atomic E-state index is 11.6. The van der Waals surface area contributed by atoms with Gasteiger partial charge in [-0.15, -0.1) is 5.10 Å². The van der Waals surface area contributed by atoms with E-state index in [2.05, 4.69) is 25.7 Å². The summed E-state index contributed by atoms with van der Waals surface area (Å²) in [5.41, 5.74) is 2.50. The van der Waals surface area contributed by atoms with Gasteiger partial charge in [0, 0.05) is 48.2 Å². The van der Waals surface area contributed by atoms with Gasteiger partial charge in [-0.25, -0.2) is 0 Å². The fourth-order valence-corrected chi connectivity index (χ4v) is 6.35. The molecule has 2 aliphatic carbocycles. The van der Waals surface area contributed by atoms with Crippen molar-refractivity contribution in [1.29, 1.82) is 0 Å². The highest BCUT2D eigenvalue weighted by Gasteiger charge is 2.50. The van der Waals surface area contributed by atoms with Crippen LogP contribution in [0.2, 0.25) is 10.0 Å². The summed E-state index contributed by atoms with van der Waals surface area (Å²) in [6, 6.07) is 4.68. The van der Waals surface area contributed by atoms with Gasteiger partial charge < -0.3 is 24.7 Å². The molecule has 8 nitrogen and oxygen atoms in total. The molecule has 2 saturated carbocycles. The number of amides is 1. The summed E-state index contributed by atoms with van der Waals surface area (Å²) in [6.45, 7) is 5.67. The molecule has 0 bridgehead atoms. The topological polar surface area (TPSA) is 100 Å². The molecule has 10 heteroatoms. The molecule has 2 heterocycles. The Labute approximate surface area is 216 Å². The maximum atomic E-state index is 11.6. The predicted molar refractivity (Wildman–Crippen MR) is 137 cm³/mol. The van der Waals surface area contributed by atoms with Crippen LogP contribution >= 0.6 is 23.2 Å². The fourth-order valence-electron chi connectivity index (χ4n) is 5.50. The summed E-state index contributed by atoms with van der Waals surface area (Å²) in [6.07, 6.45) is 7.65. The molecule has 3 fully saturated rings. The zero-order valence-electron chi connectivity index (χ0n) is 20.3. The van der Waals surface area contributed by atoms with Gasteiger partial charge in [0.25, 0.3) is 0 Å². The maximum Gasteiger partial charge on any atom is 0.315 e. The van der Waals surface area contributed by atoms with Crippen LogP contribution in [0.3, 0.4) is 0 Å². The number of rotatable bonds is 8. The molecule has 1 unspecified atom stereocenters. The van der Waals surface area contributed by atoms with Gasteiger partial charge in [0.15, 0.2) is 0 Å². The lowest BCUT2D eigenvalue weighted by Crippen LogP contribution is -2.55. The van der Waals surface area contributed by atoms with Crippen molar-refractivity contribution in [2.75, 3.05) is 30.4 Å². The number of hydrogen-bond acceptors (Lipinski definition) is 7. The first-order valence-corrected chi connectivity index (χ1v) is 12.9. The second-order valence-electron chi connectivity index (χ2n) is 10.1. The van der Waals surface area contributed by atoms with Crippen molar-refractivity contribution in [2.45, 2.75) is 69.7 Å². The second-order valence-corrected chi connectivity index (χ2v) is 10.9. The zero-order chi connectivity index (χ0) is 25.2. The molecule has 35 heavy (non-hydrogen) atoms.